The van der Waals surface area contributed by atoms with Crippen LogP contribution in [-0.2, 0) is 4.79 Å². The first-order valence-corrected chi connectivity index (χ1v) is 8.34. The molecule has 1 aromatic rings. The van der Waals surface area contributed by atoms with Gasteiger partial charge in [-0.2, -0.15) is 13.2 Å². The zero-order chi connectivity index (χ0) is 17.6. The molecule has 1 saturated heterocycles. The molecule has 1 aliphatic rings. The van der Waals surface area contributed by atoms with Crippen molar-refractivity contribution in [2.45, 2.75) is 6.18 Å². The summed E-state index contributed by atoms with van der Waals surface area (Å²) in [5.41, 5.74) is 0. The van der Waals surface area contributed by atoms with Gasteiger partial charge >= 0.3 is 6.18 Å². The van der Waals surface area contributed by atoms with Crippen molar-refractivity contribution in [1.29, 1.82) is 0 Å². The predicted octanol–water partition coefficient (Wildman–Crippen LogP) is 1.12. The molecule has 10 heteroatoms. The summed E-state index contributed by atoms with van der Waals surface area (Å²) in [7, 11) is 1.58. The molecule has 24 heavy (non-hydrogen) atoms. The third kappa shape index (κ3) is 5.59. The van der Waals surface area contributed by atoms with Crippen molar-refractivity contribution < 1.29 is 18.0 Å². The molecule has 2 heterocycles. The van der Waals surface area contributed by atoms with Crippen molar-refractivity contribution in [2.75, 3.05) is 51.2 Å². The predicted molar refractivity (Wildman–Crippen MR) is 88.5 cm³/mol. The summed E-state index contributed by atoms with van der Waals surface area (Å²) in [4.78, 5) is 19.8. The minimum Gasteiger partial charge on any atom is -0.360 e. The Morgan fingerprint density at radius 2 is 2.00 bits per heavy atom. The molecular formula is C14H20F3N5OS. The standard InChI is InChI=1S/C14H20F3N5OS/c1-18-13(19-9-11(23)20-10-14(15,16)17)22-6-4-21(5-7-22)12-3-2-8-24-12/h2-3,8H,4-7,9-10H2,1H3,(H,18,19)(H,20,23). The fourth-order valence-electron chi connectivity index (χ4n) is 2.34. The summed E-state index contributed by atoms with van der Waals surface area (Å²) >= 11 is 1.68. The number of thiophene rings is 1. The van der Waals surface area contributed by atoms with Crippen LogP contribution in [-0.4, -0.2) is 69.3 Å². The summed E-state index contributed by atoms with van der Waals surface area (Å²) in [6.45, 7) is 1.52. The van der Waals surface area contributed by atoms with Crippen molar-refractivity contribution >= 4 is 28.2 Å². The molecule has 0 saturated carbocycles. The highest BCUT2D eigenvalue weighted by Crippen LogP contribution is 2.22. The van der Waals surface area contributed by atoms with Gasteiger partial charge in [0.05, 0.1) is 11.5 Å². The fraction of sp³-hybridized carbons (Fsp3) is 0.571. The Bertz CT molecular complexity index is 553. The Labute approximate surface area is 142 Å². The molecule has 1 amide bonds. The summed E-state index contributed by atoms with van der Waals surface area (Å²) in [5.74, 6) is -0.200. The van der Waals surface area contributed by atoms with E-state index in [1.54, 1.807) is 18.4 Å². The highest BCUT2D eigenvalue weighted by atomic mass is 32.1. The number of nitrogens with one attached hydrogen (secondary N) is 2. The second-order valence-electron chi connectivity index (χ2n) is 5.22. The summed E-state index contributed by atoms with van der Waals surface area (Å²) in [6.07, 6.45) is -4.41. The first-order valence-electron chi connectivity index (χ1n) is 7.46. The van der Waals surface area contributed by atoms with Crippen molar-refractivity contribution in [3.63, 3.8) is 0 Å². The van der Waals surface area contributed by atoms with Gasteiger partial charge in [0, 0.05) is 33.2 Å². The molecule has 1 aromatic heterocycles. The number of halogens is 3. The summed E-state index contributed by atoms with van der Waals surface area (Å²) < 4.78 is 36.2. The fourth-order valence-corrected chi connectivity index (χ4v) is 3.13. The smallest absolute Gasteiger partial charge is 0.360 e. The molecule has 0 bridgehead atoms. The second-order valence-corrected chi connectivity index (χ2v) is 6.14. The van der Waals surface area contributed by atoms with Gasteiger partial charge in [0.25, 0.3) is 0 Å². The van der Waals surface area contributed by atoms with Crippen LogP contribution in [0, 0.1) is 0 Å². The number of hydrogen-bond acceptors (Lipinski definition) is 4. The van der Waals surface area contributed by atoms with Crippen molar-refractivity contribution in [1.82, 2.24) is 15.5 Å². The van der Waals surface area contributed by atoms with E-state index in [0.29, 0.717) is 5.96 Å². The minimum atomic E-state index is -4.41. The number of alkyl halides is 3. The van der Waals surface area contributed by atoms with Crippen LogP contribution >= 0.6 is 11.3 Å². The van der Waals surface area contributed by atoms with E-state index in [4.69, 9.17) is 0 Å². The first kappa shape index (κ1) is 18.4. The number of rotatable bonds is 4. The van der Waals surface area contributed by atoms with Gasteiger partial charge in [-0.15, -0.1) is 11.3 Å². The zero-order valence-corrected chi connectivity index (χ0v) is 14.1. The van der Waals surface area contributed by atoms with Gasteiger partial charge in [0.2, 0.25) is 5.91 Å². The lowest BCUT2D eigenvalue weighted by Crippen LogP contribution is -2.53. The molecule has 0 atom stereocenters. The molecule has 1 fully saturated rings. The van der Waals surface area contributed by atoms with Crippen LogP contribution in [0.2, 0.25) is 0 Å². The maximum absolute atomic E-state index is 12.1. The van der Waals surface area contributed by atoms with Gasteiger partial charge < -0.3 is 20.4 Å². The molecule has 134 valence electrons. The Balaban J connectivity index is 1.75. The van der Waals surface area contributed by atoms with Crippen LogP contribution in [0.3, 0.4) is 0 Å². The van der Waals surface area contributed by atoms with E-state index in [2.05, 4.69) is 21.3 Å². The van der Waals surface area contributed by atoms with Crippen LogP contribution in [0.5, 0.6) is 0 Å². The van der Waals surface area contributed by atoms with Gasteiger partial charge in [-0.3, -0.25) is 9.79 Å². The minimum absolute atomic E-state index is 0.242. The number of piperazine rings is 1. The first-order chi connectivity index (χ1) is 11.4. The van der Waals surface area contributed by atoms with Crippen molar-refractivity contribution in [3.05, 3.63) is 17.5 Å². The Morgan fingerprint density at radius 1 is 1.29 bits per heavy atom. The molecule has 2 N–H and O–H groups in total. The molecule has 0 spiro atoms. The molecule has 0 radical (unpaired) electrons. The van der Waals surface area contributed by atoms with Gasteiger partial charge in [0.1, 0.15) is 6.54 Å². The third-order valence-electron chi connectivity index (χ3n) is 3.50. The van der Waals surface area contributed by atoms with Crippen LogP contribution < -0.4 is 15.5 Å². The Hall–Kier alpha value is -1.97. The lowest BCUT2D eigenvalue weighted by atomic mass is 10.3. The van der Waals surface area contributed by atoms with E-state index < -0.39 is 18.6 Å². The number of hydrogen-bond donors (Lipinski definition) is 2. The molecule has 6 nitrogen and oxygen atoms in total. The number of nitrogens with zero attached hydrogens (tertiary/aromatic N) is 3. The van der Waals surface area contributed by atoms with E-state index in [1.165, 1.54) is 5.00 Å². The Morgan fingerprint density at radius 3 is 2.54 bits per heavy atom. The summed E-state index contributed by atoms with van der Waals surface area (Å²) in [5, 5.41) is 7.87. The van der Waals surface area contributed by atoms with Crippen LogP contribution in [0.15, 0.2) is 22.5 Å². The van der Waals surface area contributed by atoms with Gasteiger partial charge in [-0.25, -0.2) is 0 Å². The maximum atomic E-state index is 12.1. The van der Waals surface area contributed by atoms with Crippen molar-refractivity contribution in [2.24, 2.45) is 4.99 Å². The second kappa shape index (κ2) is 8.22. The largest absolute Gasteiger partial charge is 0.405 e. The van der Waals surface area contributed by atoms with Gasteiger partial charge in [-0.05, 0) is 17.5 Å². The average molecular weight is 363 g/mol. The van der Waals surface area contributed by atoms with Crippen LogP contribution in [0.25, 0.3) is 0 Å². The van der Waals surface area contributed by atoms with E-state index in [0.717, 1.165) is 26.2 Å². The molecule has 2 rings (SSSR count). The van der Waals surface area contributed by atoms with Crippen molar-refractivity contribution in [3.8, 4) is 0 Å². The van der Waals surface area contributed by atoms with Gasteiger partial charge in [-0.1, -0.05) is 0 Å². The number of carbonyl (C=O) groups excluding carboxylic acids is 1. The quantitative estimate of drug-likeness (QED) is 0.622. The molecule has 1 aliphatic heterocycles. The normalized spacial score (nSPS) is 16.2. The molecular weight excluding hydrogens is 343 g/mol. The lowest BCUT2D eigenvalue weighted by molar-refractivity contribution is -0.137. The number of amides is 1. The average Bonchev–Trinajstić information content (AvgIpc) is 3.08. The van der Waals surface area contributed by atoms with E-state index in [9.17, 15) is 18.0 Å². The lowest BCUT2D eigenvalue weighted by Gasteiger charge is -2.36. The monoisotopic (exact) mass is 363 g/mol. The topological polar surface area (TPSA) is 60.0 Å². The highest BCUT2D eigenvalue weighted by molar-refractivity contribution is 7.14. The zero-order valence-electron chi connectivity index (χ0n) is 13.3. The maximum Gasteiger partial charge on any atom is 0.405 e. The van der Waals surface area contributed by atoms with E-state index in [-0.39, 0.29) is 6.54 Å². The highest BCUT2D eigenvalue weighted by Gasteiger charge is 2.27. The summed E-state index contributed by atoms with van der Waals surface area (Å²) in [6, 6.07) is 4.07. The number of aliphatic imine (C=N–C) groups is 1. The molecule has 0 aliphatic carbocycles. The Kier molecular flexibility index (Phi) is 6.29. The van der Waals surface area contributed by atoms with Gasteiger partial charge in [0.15, 0.2) is 5.96 Å². The van der Waals surface area contributed by atoms with E-state index in [1.807, 2.05) is 21.7 Å². The third-order valence-corrected chi connectivity index (χ3v) is 4.43. The number of guanidine groups is 1. The molecule has 0 aromatic carbocycles. The number of anilines is 1. The number of carbonyl (C=O) groups is 1. The SMILES string of the molecule is CN=C(NCC(=O)NCC(F)(F)F)N1CCN(c2cccs2)CC1. The van der Waals surface area contributed by atoms with E-state index >= 15 is 0 Å². The molecule has 0 unspecified atom stereocenters. The van der Waals surface area contributed by atoms with Crippen LogP contribution in [0.4, 0.5) is 18.2 Å². The van der Waals surface area contributed by atoms with Crippen LogP contribution in [0.1, 0.15) is 0 Å².